The summed E-state index contributed by atoms with van der Waals surface area (Å²) < 4.78 is 0. The predicted molar refractivity (Wildman–Crippen MR) is 101 cm³/mol. The number of unbranched alkanes of at least 4 members (excludes halogenated alkanes) is 6. The lowest BCUT2D eigenvalue weighted by Gasteiger charge is -2.15. The van der Waals surface area contributed by atoms with Crippen molar-refractivity contribution in [1.29, 1.82) is 0 Å². The molecule has 0 saturated carbocycles. The second kappa shape index (κ2) is 9.60. The fourth-order valence-corrected chi connectivity index (χ4v) is 3.40. The first kappa shape index (κ1) is 17.8. The van der Waals surface area contributed by atoms with Gasteiger partial charge in [-0.1, -0.05) is 82.7 Å². The summed E-state index contributed by atoms with van der Waals surface area (Å²) in [7, 11) is 0. The van der Waals surface area contributed by atoms with E-state index in [0.29, 0.717) is 5.75 Å². The Morgan fingerprint density at radius 3 is 2.13 bits per heavy atom. The average Bonchev–Trinajstić information content (AvgIpc) is 2.57. The second-order valence-electron chi connectivity index (χ2n) is 6.71. The Morgan fingerprint density at radius 1 is 0.783 bits per heavy atom. The van der Waals surface area contributed by atoms with Gasteiger partial charge in [0.25, 0.3) is 0 Å². The van der Waals surface area contributed by atoms with Gasteiger partial charge in [0.2, 0.25) is 0 Å². The highest BCUT2D eigenvalue weighted by Gasteiger charge is 2.12. The minimum Gasteiger partial charge on any atom is -0.507 e. The van der Waals surface area contributed by atoms with Gasteiger partial charge in [-0.25, -0.2) is 0 Å². The maximum atomic E-state index is 10.8. The second-order valence-corrected chi connectivity index (χ2v) is 6.71. The Morgan fingerprint density at radius 2 is 1.43 bits per heavy atom. The van der Waals surface area contributed by atoms with Crippen LogP contribution in [0.3, 0.4) is 0 Å². The minimum absolute atomic E-state index is 0.532. The minimum atomic E-state index is 0.532. The zero-order chi connectivity index (χ0) is 16.5. The normalized spacial score (nSPS) is 11.2. The number of benzene rings is 2. The molecular weight excluding hydrogens is 280 g/mol. The molecule has 2 aromatic rings. The number of aromatic hydroxyl groups is 1. The Bertz CT molecular complexity index is 600. The lowest BCUT2D eigenvalue weighted by atomic mass is 9.92. The number of hydrogen-bond donors (Lipinski definition) is 1. The van der Waals surface area contributed by atoms with Crippen LogP contribution >= 0.6 is 0 Å². The molecule has 1 N–H and O–H groups in total. The van der Waals surface area contributed by atoms with Crippen LogP contribution < -0.4 is 0 Å². The van der Waals surface area contributed by atoms with Gasteiger partial charge in [-0.3, -0.25) is 0 Å². The summed E-state index contributed by atoms with van der Waals surface area (Å²) in [5.74, 6) is 0.532. The van der Waals surface area contributed by atoms with Crippen molar-refractivity contribution in [3.63, 3.8) is 0 Å². The van der Waals surface area contributed by atoms with Gasteiger partial charge in [0.05, 0.1) is 0 Å². The van der Waals surface area contributed by atoms with Crippen LogP contribution in [0.15, 0.2) is 30.3 Å². The molecule has 0 aliphatic heterocycles. The molecule has 0 fully saturated rings. The molecule has 0 heterocycles. The molecule has 0 aliphatic carbocycles. The number of phenolic OH excluding ortho intramolecular Hbond substituents is 1. The van der Waals surface area contributed by atoms with E-state index in [9.17, 15) is 5.11 Å². The molecule has 0 aromatic heterocycles. The highest BCUT2D eigenvalue weighted by molar-refractivity contribution is 5.90. The van der Waals surface area contributed by atoms with Crippen LogP contribution in [0.25, 0.3) is 10.8 Å². The third-order valence-corrected chi connectivity index (χ3v) is 4.80. The van der Waals surface area contributed by atoms with E-state index in [1.165, 1.54) is 67.9 Å². The number of aryl methyl sites for hydroxylation is 1. The van der Waals surface area contributed by atoms with Crippen LogP contribution in [-0.2, 0) is 12.8 Å². The molecule has 0 bridgehead atoms. The molecule has 2 rings (SSSR count). The van der Waals surface area contributed by atoms with Crippen molar-refractivity contribution in [3.05, 3.63) is 41.5 Å². The van der Waals surface area contributed by atoms with E-state index in [4.69, 9.17) is 0 Å². The van der Waals surface area contributed by atoms with Gasteiger partial charge in [-0.2, -0.15) is 0 Å². The molecule has 126 valence electrons. The molecule has 0 amide bonds. The molecular formula is C22H32O. The van der Waals surface area contributed by atoms with Gasteiger partial charge in [0.1, 0.15) is 5.75 Å². The molecule has 0 aliphatic rings. The first-order valence-corrected chi connectivity index (χ1v) is 9.50. The fraction of sp³-hybridized carbons (Fsp3) is 0.545. The molecule has 0 radical (unpaired) electrons. The van der Waals surface area contributed by atoms with Crippen LogP contribution in [-0.4, -0.2) is 5.11 Å². The summed E-state index contributed by atoms with van der Waals surface area (Å²) in [4.78, 5) is 0. The maximum Gasteiger partial charge on any atom is 0.126 e. The Hall–Kier alpha value is -1.50. The number of fused-ring (bicyclic) bond motifs is 1. The highest BCUT2D eigenvalue weighted by Crippen LogP contribution is 2.34. The van der Waals surface area contributed by atoms with Crippen molar-refractivity contribution in [2.24, 2.45) is 0 Å². The molecule has 1 heteroatoms. The van der Waals surface area contributed by atoms with Crippen molar-refractivity contribution < 1.29 is 5.11 Å². The Labute approximate surface area is 141 Å². The van der Waals surface area contributed by atoms with E-state index < -0.39 is 0 Å². The fourth-order valence-electron chi connectivity index (χ4n) is 3.40. The molecule has 23 heavy (non-hydrogen) atoms. The van der Waals surface area contributed by atoms with E-state index >= 15 is 0 Å². The summed E-state index contributed by atoms with van der Waals surface area (Å²) in [6.07, 6.45) is 12.2. The zero-order valence-corrected chi connectivity index (χ0v) is 14.9. The molecule has 0 saturated heterocycles. The summed E-state index contributed by atoms with van der Waals surface area (Å²) in [5, 5.41) is 13.0. The number of phenols is 1. The standard InChI is InChI=1S/C22H32O/c1-3-5-7-9-13-18-17-19-14-11-12-16-21(19)22(23)20(18)15-10-8-6-4-2/h11-12,14,16-17,23H,3-10,13,15H2,1-2H3. The highest BCUT2D eigenvalue weighted by atomic mass is 16.3. The lowest BCUT2D eigenvalue weighted by Crippen LogP contribution is -1.97. The summed E-state index contributed by atoms with van der Waals surface area (Å²) in [6.45, 7) is 4.49. The van der Waals surface area contributed by atoms with Gasteiger partial charge in [-0.15, -0.1) is 0 Å². The quantitative estimate of drug-likeness (QED) is 0.479. The van der Waals surface area contributed by atoms with E-state index in [2.05, 4.69) is 32.0 Å². The number of hydrogen-bond acceptors (Lipinski definition) is 1. The van der Waals surface area contributed by atoms with Gasteiger partial charge in [-0.05, 0) is 42.2 Å². The molecule has 0 atom stereocenters. The topological polar surface area (TPSA) is 20.2 Å². The van der Waals surface area contributed by atoms with Crippen LogP contribution in [0, 0.1) is 0 Å². The summed E-state index contributed by atoms with van der Waals surface area (Å²) in [6, 6.07) is 10.6. The molecule has 0 spiro atoms. The van der Waals surface area contributed by atoms with E-state index in [1.807, 2.05) is 12.1 Å². The molecule has 2 aromatic carbocycles. The SMILES string of the molecule is CCCCCCc1cc2ccccc2c(O)c1CCCCCC. The third kappa shape index (κ3) is 4.99. The van der Waals surface area contributed by atoms with Crippen LogP contribution in [0.2, 0.25) is 0 Å². The summed E-state index contributed by atoms with van der Waals surface area (Å²) in [5.41, 5.74) is 2.57. The summed E-state index contributed by atoms with van der Waals surface area (Å²) >= 11 is 0. The van der Waals surface area contributed by atoms with Crippen LogP contribution in [0.4, 0.5) is 0 Å². The van der Waals surface area contributed by atoms with Gasteiger partial charge < -0.3 is 5.11 Å². The smallest absolute Gasteiger partial charge is 0.126 e. The van der Waals surface area contributed by atoms with Gasteiger partial charge in [0, 0.05) is 5.39 Å². The van der Waals surface area contributed by atoms with Crippen LogP contribution in [0.1, 0.15) is 76.3 Å². The largest absolute Gasteiger partial charge is 0.507 e. The van der Waals surface area contributed by atoms with Crippen molar-refractivity contribution >= 4 is 10.8 Å². The van der Waals surface area contributed by atoms with E-state index in [1.54, 1.807) is 0 Å². The van der Waals surface area contributed by atoms with Gasteiger partial charge >= 0.3 is 0 Å². The van der Waals surface area contributed by atoms with E-state index in [0.717, 1.165) is 18.2 Å². The van der Waals surface area contributed by atoms with Gasteiger partial charge in [0.15, 0.2) is 0 Å². The maximum absolute atomic E-state index is 10.8. The monoisotopic (exact) mass is 312 g/mol. The van der Waals surface area contributed by atoms with Crippen LogP contribution in [0.5, 0.6) is 5.75 Å². The number of rotatable bonds is 10. The molecule has 1 nitrogen and oxygen atoms in total. The molecule has 0 unspecified atom stereocenters. The van der Waals surface area contributed by atoms with Crippen molar-refractivity contribution in [3.8, 4) is 5.75 Å². The lowest BCUT2D eigenvalue weighted by molar-refractivity contribution is 0.471. The van der Waals surface area contributed by atoms with Crippen molar-refractivity contribution in [2.75, 3.05) is 0 Å². The first-order valence-electron chi connectivity index (χ1n) is 9.50. The zero-order valence-electron chi connectivity index (χ0n) is 14.9. The van der Waals surface area contributed by atoms with Crippen molar-refractivity contribution in [1.82, 2.24) is 0 Å². The predicted octanol–water partition coefficient (Wildman–Crippen LogP) is 6.79. The third-order valence-electron chi connectivity index (χ3n) is 4.80. The first-order chi connectivity index (χ1) is 11.3. The Kier molecular flexibility index (Phi) is 7.45. The average molecular weight is 312 g/mol. The van der Waals surface area contributed by atoms with Crippen molar-refractivity contribution in [2.45, 2.75) is 78.1 Å². The Balaban J connectivity index is 2.21. The van der Waals surface area contributed by atoms with E-state index in [-0.39, 0.29) is 0 Å².